The van der Waals surface area contributed by atoms with Gasteiger partial charge in [-0.15, -0.1) is 0 Å². The Bertz CT molecular complexity index is 1000. The second-order valence-corrected chi connectivity index (χ2v) is 8.49. The summed E-state index contributed by atoms with van der Waals surface area (Å²) in [7, 11) is 0. The monoisotopic (exact) mass is 421 g/mol. The lowest BCUT2D eigenvalue weighted by atomic mass is 9.95. The highest BCUT2D eigenvalue weighted by atomic mass is 32.2. The van der Waals surface area contributed by atoms with Crippen molar-refractivity contribution < 1.29 is 9.53 Å². The molecule has 0 unspecified atom stereocenters. The molecule has 6 heteroatoms. The summed E-state index contributed by atoms with van der Waals surface area (Å²) >= 11 is 1.46. The Morgan fingerprint density at radius 3 is 2.67 bits per heavy atom. The summed E-state index contributed by atoms with van der Waals surface area (Å²) in [6.45, 7) is 2.56. The summed E-state index contributed by atoms with van der Waals surface area (Å²) in [6.07, 6.45) is 5.86. The number of hydrogen-bond acceptors (Lipinski definition) is 5. The van der Waals surface area contributed by atoms with Crippen LogP contribution in [0.4, 0.5) is 0 Å². The van der Waals surface area contributed by atoms with Crippen molar-refractivity contribution in [3.05, 3.63) is 48.5 Å². The quantitative estimate of drug-likeness (QED) is 0.418. The standard InChI is InChI=1S/C24H27N3O2S/c1-2-29-19-13-14-21-20(15-19)24(27-23(26-21)17-9-5-3-6-10-17)30-16-22(28)25-18-11-7-4-8-12-18/h3,5-6,9-10,13-15,18H,2,4,7-8,11-12,16H2,1H3,(H,25,28). The normalized spacial score (nSPS) is 14.6. The smallest absolute Gasteiger partial charge is 0.230 e. The van der Waals surface area contributed by atoms with Crippen LogP contribution in [0.25, 0.3) is 22.3 Å². The molecular formula is C24H27N3O2S. The molecule has 4 rings (SSSR count). The minimum Gasteiger partial charge on any atom is -0.494 e. The van der Waals surface area contributed by atoms with Gasteiger partial charge in [-0.1, -0.05) is 61.4 Å². The number of ether oxygens (including phenoxy) is 1. The van der Waals surface area contributed by atoms with Gasteiger partial charge in [-0.3, -0.25) is 4.79 Å². The Kier molecular flexibility index (Phi) is 6.84. The maximum Gasteiger partial charge on any atom is 0.230 e. The van der Waals surface area contributed by atoms with Crippen LogP contribution in [-0.4, -0.2) is 34.3 Å². The first-order valence-corrected chi connectivity index (χ1v) is 11.6. The molecule has 0 atom stereocenters. The van der Waals surface area contributed by atoms with E-state index >= 15 is 0 Å². The van der Waals surface area contributed by atoms with Crippen molar-refractivity contribution in [3.8, 4) is 17.1 Å². The molecule has 30 heavy (non-hydrogen) atoms. The fraction of sp³-hybridized carbons (Fsp3) is 0.375. The van der Waals surface area contributed by atoms with Crippen LogP contribution in [0.15, 0.2) is 53.6 Å². The van der Waals surface area contributed by atoms with Gasteiger partial charge in [0, 0.05) is 17.0 Å². The van der Waals surface area contributed by atoms with Gasteiger partial charge < -0.3 is 10.1 Å². The summed E-state index contributed by atoms with van der Waals surface area (Å²) in [4.78, 5) is 22.1. The summed E-state index contributed by atoms with van der Waals surface area (Å²) in [5.41, 5.74) is 1.81. The Morgan fingerprint density at radius 1 is 1.10 bits per heavy atom. The number of amides is 1. The number of rotatable bonds is 7. The van der Waals surface area contributed by atoms with Crippen LogP contribution < -0.4 is 10.1 Å². The summed E-state index contributed by atoms with van der Waals surface area (Å²) in [5, 5.41) is 4.91. The van der Waals surface area contributed by atoms with E-state index in [0.717, 1.165) is 40.1 Å². The third-order valence-electron chi connectivity index (χ3n) is 5.29. The molecule has 0 aliphatic heterocycles. The summed E-state index contributed by atoms with van der Waals surface area (Å²) in [6, 6.07) is 16.1. The largest absolute Gasteiger partial charge is 0.494 e. The number of nitrogens with zero attached hydrogens (tertiary/aromatic N) is 2. The zero-order valence-corrected chi connectivity index (χ0v) is 18.1. The number of hydrogen-bond donors (Lipinski definition) is 1. The molecule has 156 valence electrons. The lowest BCUT2D eigenvalue weighted by Gasteiger charge is -2.22. The van der Waals surface area contributed by atoms with E-state index in [4.69, 9.17) is 14.7 Å². The Labute approximate surface area is 181 Å². The predicted octanol–water partition coefficient (Wildman–Crippen LogP) is 5.24. The number of fused-ring (bicyclic) bond motifs is 1. The molecular weight excluding hydrogens is 394 g/mol. The number of carbonyl (C=O) groups is 1. The lowest BCUT2D eigenvalue weighted by molar-refractivity contribution is -0.119. The molecule has 1 saturated carbocycles. The SMILES string of the molecule is CCOc1ccc2nc(-c3ccccc3)nc(SCC(=O)NC3CCCCC3)c2c1. The van der Waals surface area contributed by atoms with E-state index in [0.29, 0.717) is 24.2 Å². The average molecular weight is 422 g/mol. The van der Waals surface area contributed by atoms with E-state index in [1.807, 2.05) is 55.5 Å². The first-order valence-electron chi connectivity index (χ1n) is 10.6. The topological polar surface area (TPSA) is 64.1 Å². The highest BCUT2D eigenvalue weighted by Gasteiger charge is 2.17. The van der Waals surface area contributed by atoms with Crippen molar-refractivity contribution in [1.82, 2.24) is 15.3 Å². The molecule has 0 spiro atoms. The third-order valence-corrected chi connectivity index (χ3v) is 6.28. The molecule has 0 saturated heterocycles. The van der Waals surface area contributed by atoms with Crippen LogP contribution in [0, 0.1) is 0 Å². The van der Waals surface area contributed by atoms with Gasteiger partial charge in [-0.2, -0.15) is 0 Å². The average Bonchev–Trinajstić information content (AvgIpc) is 2.79. The van der Waals surface area contributed by atoms with Crippen molar-refractivity contribution in [3.63, 3.8) is 0 Å². The van der Waals surface area contributed by atoms with E-state index < -0.39 is 0 Å². The van der Waals surface area contributed by atoms with E-state index in [1.54, 1.807) is 0 Å². The van der Waals surface area contributed by atoms with Gasteiger partial charge in [0.1, 0.15) is 10.8 Å². The maximum atomic E-state index is 12.5. The summed E-state index contributed by atoms with van der Waals surface area (Å²) in [5.74, 6) is 1.87. The van der Waals surface area contributed by atoms with Gasteiger partial charge in [0.15, 0.2) is 5.82 Å². The zero-order valence-electron chi connectivity index (χ0n) is 17.3. The molecule has 1 aliphatic carbocycles. The summed E-state index contributed by atoms with van der Waals surface area (Å²) < 4.78 is 5.67. The van der Waals surface area contributed by atoms with Gasteiger partial charge in [-0.25, -0.2) is 9.97 Å². The number of aromatic nitrogens is 2. The van der Waals surface area contributed by atoms with Gasteiger partial charge in [0.25, 0.3) is 0 Å². The van der Waals surface area contributed by atoms with Gasteiger partial charge >= 0.3 is 0 Å². The van der Waals surface area contributed by atoms with Crippen LogP contribution in [0.5, 0.6) is 5.75 Å². The minimum absolute atomic E-state index is 0.0703. The molecule has 1 fully saturated rings. The highest BCUT2D eigenvalue weighted by Crippen LogP contribution is 2.31. The van der Waals surface area contributed by atoms with Crippen molar-refractivity contribution >= 4 is 28.6 Å². The van der Waals surface area contributed by atoms with Gasteiger partial charge in [0.05, 0.1) is 17.9 Å². The molecule has 1 heterocycles. The molecule has 1 amide bonds. The highest BCUT2D eigenvalue weighted by molar-refractivity contribution is 8.00. The molecule has 5 nitrogen and oxygen atoms in total. The molecule has 3 aromatic rings. The zero-order chi connectivity index (χ0) is 20.8. The second kappa shape index (κ2) is 9.94. The molecule has 1 aromatic heterocycles. The first kappa shape index (κ1) is 20.7. The number of thioether (sulfide) groups is 1. The molecule has 0 bridgehead atoms. The fourth-order valence-electron chi connectivity index (χ4n) is 3.81. The lowest BCUT2D eigenvalue weighted by Crippen LogP contribution is -2.37. The van der Waals surface area contributed by atoms with Crippen molar-refractivity contribution in [2.45, 2.75) is 50.1 Å². The first-order chi connectivity index (χ1) is 14.7. The third kappa shape index (κ3) is 5.11. The van der Waals surface area contributed by atoms with Crippen LogP contribution in [-0.2, 0) is 4.79 Å². The predicted molar refractivity (Wildman–Crippen MR) is 122 cm³/mol. The van der Waals surface area contributed by atoms with Gasteiger partial charge in [-0.05, 0) is 38.0 Å². The Hall–Kier alpha value is -2.60. The van der Waals surface area contributed by atoms with E-state index in [-0.39, 0.29) is 5.91 Å². The van der Waals surface area contributed by atoms with Crippen molar-refractivity contribution in [1.29, 1.82) is 0 Å². The van der Waals surface area contributed by atoms with Crippen LogP contribution in [0.2, 0.25) is 0 Å². The second-order valence-electron chi connectivity index (χ2n) is 7.52. The fourth-order valence-corrected chi connectivity index (χ4v) is 4.63. The minimum atomic E-state index is 0.0703. The molecule has 2 aromatic carbocycles. The van der Waals surface area contributed by atoms with Crippen LogP contribution >= 0.6 is 11.8 Å². The Balaban J connectivity index is 1.59. The maximum absolute atomic E-state index is 12.5. The van der Waals surface area contributed by atoms with E-state index in [9.17, 15) is 4.79 Å². The van der Waals surface area contributed by atoms with Crippen molar-refractivity contribution in [2.24, 2.45) is 0 Å². The van der Waals surface area contributed by atoms with E-state index in [1.165, 1.54) is 31.0 Å². The van der Waals surface area contributed by atoms with E-state index in [2.05, 4.69) is 5.32 Å². The number of carbonyl (C=O) groups excluding carboxylic acids is 1. The van der Waals surface area contributed by atoms with Crippen molar-refractivity contribution in [2.75, 3.05) is 12.4 Å². The van der Waals surface area contributed by atoms with Gasteiger partial charge in [0.2, 0.25) is 5.91 Å². The molecule has 1 N–H and O–H groups in total. The number of benzene rings is 2. The number of nitrogens with one attached hydrogen (secondary N) is 1. The van der Waals surface area contributed by atoms with Crippen LogP contribution in [0.3, 0.4) is 0 Å². The molecule has 1 aliphatic rings. The van der Waals surface area contributed by atoms with Crippen LogP contribution in [0.1, 0.15) is 39.0 Å². The molecule has 0 radical (unpaired) electrons. The Morgan fingerprint density at radius 2 is 1.90 bits per heavy atom.